The van der Waals surface area contributed by atoms with Crippen LogP contribution in [0.5, 0.6) is 0 Å². The highest BCUT2D eigenvalue weighted by Gasteiger charge is 2.25. The van der Waals surface area contributed by atoms with E-state index in [0.29, 0.717) is 12.1 Å². The van der Waals surface area contributed by atoms with Gasteiger partial charge in [-0.1, -0.05) is 42.5 Å². The molecule has 0 unspecified atom stereocenters. The van der Waals surface area contributed by atoms with Gasteiger partial charge in [-0.3, -0.25) is 4.79 Å². The first-order valence-corrected chi connectivity index (χ1v) is 12.0. The zero-order valence-corrected chi connectivity index (χ0v) is 19.0. The molecule has 1 amide bonds. The maximum absolute atomic E-state index is 13.5. The van der Waals surface area contributed by atoms with E-state index in [1.165, 1.54) is 31.1 Å². The van der Waals surface area contributed by atoms with Gasteiger partial charge in [-0.25, -0.2) is 12.7 Å². The van der Waals surface area contributed by atoms with Gasteiger partial charge in [0, 0.05) is 43.5 Å². The minimum absolute atomic E-state index is 0.0505. The van der Waals surface area contributed by atoms with Gasteiger partial charge in [0.2, 0.25) is 10.0 Å². The predicted octanol–water partition coefficient (Wildman–Crippen LogP) is 4.27. The number of hydrogen-bond acceptors (Lipinski definition) is 4. The molecule has 0 spiro atoms. The van der Waals surface area contributed by atoms with Crippen LogP contribution in [0.2, 0.25) is 0 Å². The molecule has 0 saturated heterocycles. The van der Waals surface area contributed by atoms with Crippen LogP contribution in [-0.4, -0.2) is 43.7 Å². The van der Waals surface area contributed by atoms with Gasteiger partial charge in [-0.2, -0.15) is 0 Å². The fourth-order valence-corrected chi connectivity index (χ4v) is 4.98. The van der Waals surface area contributed by atoms with E-state index in [-0.39, 0.29) is 16.8 Å². The summed E-state index contributed by atoms with van der Waals surface area (Å²) in [5, 5.41) is 2.03. The van der Waals surface area contributed by atoms with E-state index in [4.69, 9.17) is 0 Å². The van der Waals surface area contributed by atoms with Crippen molar-refractivity contribution in [1.29, 1.82) is 0 Å². The van der Waals surface area contributed by atoms with Gasteiger partial charge < -0.3 is 4.90 Å². The van der Waals surface area contributed by atoms with Crippen LogP contribution in [0.15, 0.2) is 77.0 Å². The minimum atomic E-state index is -3.61. The fraction of sp³-hybridized carbons (Fsp3) is 0.261. The van der Waals surface area contributed by atoms with Crippen LogP contribution in [-0.2, 0) is 23.0 Å². The van der Waals surface area contributed by atoms with Crippen LogP contribution in [0.1, 0.15) is 27.7 Å². The number of rotatable bonds is 8. The second-order valence-corrected chi connectivity index (χ2v) is 10.6. The zero-order valence-electron chi connectivity index (χ0n) is 17.4. The average molecular weight is 443 g/mol. The van der Waals surface area contributed by atoms with Gasteiger partial charge in [0.05, 0.1) is 4.90 Å². The van der Waals surface area contributed by atoms with Gasteiger partial charge >= 0.3 is 0 Å². The predicted molar refractivity (Wildman–Crippen MR) is 121 cm³/mol. The molecule has 3 rings (SSSR count). The summed E-state index contributed by atoms with van der Waals surface area (Å²) in [5.41, 5.74) is 1.40. The van der Waals surface area contributed by atoms with Crippen molar-refractivity contribution in [1.82, 2.24) is 9.21 Å². The first kappa shape index (κ1) is 22.2. The van der Waals surface area contributed by atoms with Gasteiger partial charge in [-0.05, 0) is 42.1 Å². The molecule has 0 bridgehead atoms. The highest BCUT2D eigenvalue weighted by Crippen LogP contribution is 2.21. The van der Waals surface area contributed by atoms with E-state index < -0.39 is 10.0 Å². The molecular formula is C23H26N2O3S2. The maximum Gasteiger partial charge on any atom is 0.254 e. The topological polar surface area (TPSA) is 57.7 Å². The third-order valence-electron chi connectivity index (χ3n) is 4.92. The van der Waals surface area contributed by atoms with E-state index >= 15 is 0 Å². The van der Waals surface area contributed by atoms with Gasteiger partial charge in [0.1, 0.15) is 0 Å². The number of nitrogens with zero attached hydrogens (tertiary/aromatic N) is 2. The Morgan fingerprint density at radius 1 is 1.00 bits per heavy atom. The van der Waals surface area contributed by atoms with Crippen LogP contribution < -0.4 is 0 Å². The van der Waals surface area contributed by atoms with Crippen molar-refractivity contribution < 1.29 is 13.2 Å². The molecule has 5 nitrogen and oxygen atoms in total. The second kappa shape index (κ2) is 9.55. The Morgan fingerprint density at radius 3 is 2.37 bits per heavy atom. The molecule has 0 N–H and O–H groups in total. The summed E-state index contributed by atoms with van der Waals surface area (Å²) >= 11 is 1.67. The van der Waals surface area contributed by atoms with E-state index in [1.54, 1.807) is 23.5 Å². The zero-order chi connectivity index (χ0) is 21.7. The van der Waals surface area contributed by atoms with E-state index in [9.17, 15) is 13.2 Å². The van der Waals surface area contributed by atoms with Crippen molar-refractivity contribution in [2.45, 2.75) is 30.8 Å². The number of benzene rings is 2. The Hall–Kier alpha value is -2.48. The first-order valence-electron chi connectivity index (χ1n) is 9.69. The quantitative estimate of drug-likeness (QED) is 0.523. The van der Waals surface area contributed by atoms with E-state index in [1.807, 2.05) is 53.6 Å². The molecule has 1 atom stereocenters. The minimum Gasteiger partial charge on any atom is -0.331 e. The van der Waals surface area contributed by atoms with Crippen molar-refractivity contribution in [3.8, 4) is 0 Å². The summed E-state index contributed by atoms with van der Waals surface area (Å²) in [4.78, 5) is 16.6. The number of carbonyl (C=O) groups is 1. The number of carbonyl (C=O) groups excluding carboxylic acids is 1. The van der Waals surface area contributed by atoms with Crippen LogP contribution in [0.25, 0.3) is 0 Å². The number of amides is 1. The van der Waals surface area contributed by atoms with Gasteiger partial charge in [0.15, 0.2) is 0 Å². The van der Waals surface area contributed by atoms with Gasteiger partial charge in [0.25, 0.3) is 5.91 Å². The van der Waals surface area contributed by atoms with E-state index in [0.717, 1.165) is 16.3 Å². The third-order valence-corrected chi connectivity index (χ3v) is 7.63. The molecule has 158 valence electrons. The monoisotopic (exact) mass is 442 g/mol. The molecule has 0 fully saturated rings. The molecule has 1 heterocycles. The van der Waals surface area contributed by atoms with Crippen molar-refractivity contribution in [2.75, 3.05) is 14.1 Å². The molecule has 1 aromatic heterocycles. The summed E-state index contributed by atoms with van der Waals surface area (Å²) in [6, 6.07) is 20.1. The molecule has 2 aromatic carbocycles. The molecule has 0 aliphatic heterocycles. The van der Waals surface area contributed by atoms with Crippen LogP contribution in [0.4, 0.5) is 0 Å². The Bertz CT molecular complexity index is 1080. The lowest BCUT2D eigenvalue weighted by atomic mass is 10.1. The third kappa shape index (κ3) is 5.16. The van der Waals surface area contributed by atoms with Crippen molar-refractivity contribution in [3.63, 3.8) is 0 Å². The smallest absolute Gasteiger partial charge is 0.254 e. The molecule has 0 aliphatic carbocycles. The lowest BCUT2D eigenvalue weighted by Crippen LogP contribution is -2.39. The average Bonchev–Trinajstić information content (AvgIpc) is 3.25. The van der Waals surface area contributed by atoms with Crippen molar-refractivity contribution >= 4 is 27.3 Å². The molecule has 0 aliphatic rings. The van der Waals surface area contributed by atoms with Crippen LogP contribution in [0.3, 0.4) is 0 Å². The largest absolute Gasteiger partial charge is 0.331 e. The molecule has 3 aromatic rings. The molecule has 0 saturated carbocycles. The number of thiophene rings is 1. The first-order chi connectivity index (χ1) is 14.3. The number of sulfonamides is 1. The van der Waals surface area contributed by atoms with E-state index in [2.05, 4.69) is 6.07 Å². The lowest BCUT2D eigenvalue weighted by molar-refractivity contribution is 0.0675. The molecule has 30 heavy (non-hydrogen) atoms. The van der Waals surface area contributed by atoms with Crippen LogP contribution >= 0.6 is 11.3 Å². The SMILES string of the molecule is C[C@H](Cc1cccs1)N(Cc1ccccc1)C(=O)c1cccc(S(=O)(=O)N(C)C)c1. The maximum atomic E-state index is 13.5. The molecule has 7 heteroatoms. The summed E-state index contributed by atoms with van der Waals surface area (Å²) in [6.45, 7) is 2.48. The highest BCUT2D eigenvalue weighted by molar-refractivity contribution is 7.89. The number of hydrogen-bond donors (Lipinski definition) is 0. The lowest BCUT2D eigenvalue weighted by Gasteiger charge is -2.29. The Labute approximate surface area is 182 Å². The Kier molecular flexibility index (Phi) is 7.07. The molecular weight excluding hydrogens is 416 g/mol. The second-order valence-electron chi connectivity index (χ2n) is 7.37. The normalized spacial score (nSPS) is 12.7. The highest BCUT2D eigenvalue weighted by atomic mass is 32.2. The standard InChI is InChI=1S/C23H26N2O3S2/c1-18(15-21-12-8-14-29-21)25(17-19-9-5-4-6-10-19)23(26)20-11-7-13-22(16-20)30(27,28)24(2)3/h4-14,16,18H,15,17H2,1-3H3/t18-/m1/s1. The summed E-state index contributed by atoms with van der Waals surface area (Å²) < 4.78 is 26.2. The molecule has 0 radical (unpaired) electrons. The fourth-order valence-electron chi connectivity index (χ4n) is 3.20. The van der Waals surface area contributed by atoms with Crippen molar-refractivity contribution in [3.05, 3.63) is 88.1 Å². The van der Waals surface area contributed by atoms with Gasteiger partial charge in [-0.15, -0.1) is 11.3 Å². The Morgan fingerprint density at radius 2 is 1.73 bits per heavy atom. The summed E-state index contributed by atoms with van der Waals surface area (Å²) in [5.74, 6) is -0.182. The van der Waals surface area contributed by atoms with Crippen molar-refractivity contribution in [2.24, 2.45) is 0 Å². The summed E-state index contributed by atoms with van der Waals surface area (Å²) in [7, 11) is -0.653. The van der Waals surface area contributed by atoms with Crippen LogP contribution in [0, 0.1) is 0 Å². The Balaban J connectivity index is 1.93. The summed E-state index contributed by atoms with van der Waals surface area (Å²) in [6.07, 6.45) is 0.742.